The summed E-state index contributed by atoms with van der Waals surface area (Å²) in [5.74, 6) is -2.87. The molecule has 1 rings (SSSR count). The van der Waals surface area contributed by atoms with Crippen LogP contribution in [0.4, 0.5) is 14.5 Å². The molecule has 1 aromatic carbocycles. The Kier molecular flexibility index (Phi) is 5.83. The van der Waals surface area contributed by atoms with Crippen molar-refractivity contribution in [2.45, 2.75) is 26.4 Å². The van der Waals surface area contributed by atoms with Gasteiger partial charge in [-0.2, -0.15) is 0 Å². The Bertz CT molecular complexity index is 529. The number of halogens is 2. The van der Waals surface area contributed by atoms with Crippen molar-refractivity contribution in [3.63, 3.8) is 0 Å². The Morgan fingerprint density at radius 3 is 2.75 bits per heavy atom. The minimum absolute atomic E-state index is 0.304. The third-order valence-electron chi connectivity index (χ3n) is 2.34. The number of hydrogen-bond acceptors (Lipinski definition) is 3. The van der Waals surface area contributed by atoms with Crippen LogP contribution < -0.4 is 5.32 Å². The summed E-state index contributed by atoms with van der Waals surface area (Å²) in [5.41, 5.74) is -0.304. The van der Waals surface area contributed by atoms with Gasteiger partial charge in [-0.15, -0.1) is 0 Å². The van der Waals surface area contributed by atoms with Crippen molar-refractivity contribution >= 4 is 17.6 Å². The maximum absolute atomic E-state index is 13.3. The second-order valence-electron chi connectivity index (χ2n) is 4.00. The average Bonchev–Trinajstić information content (AvgIpc) is 2.40. The number of benzene rings is 1. The fourth-order valence-corrected chi connectivity index (χ4v) is 1.31. The fourth-order valence-electron chi connectivity index (χ4n) is 1.31. The van der Waals surface area contributed by atoms with E-state index in [0.717, 1.165) is 18.2 Å². The summed E-state index contributed by atoms with van der Waals surface area (Å²) in [6, 6.07) is 2.67. The Labute approximate surface area is 115 Å². The first-order valence-corrected chi connectivity index (χ1v) is 6.07. The monoisotopic (exact) mass is 283 g/mol. The van der Waals surface area contributed by atoms with E-state index in [9.17, 15) is 18.4 Å². The van der Waals surface area contributed by atoms with Crippen LogP contribution >= 0.6 is 0 Å². The summed E-state index contributed by atoms with van der Waals surface area (Å²) in [6.07, 6.45) is 2.32. The number of nitrogens with one attached hydrogen (secondary N) is 1. The third-order valence-corrected chi connectivity index (χ3v) is 2.34. The van der Waals surface area contributed by atoms with E-state index in [2.05, 4.69) is 5.32 Å². The first-order valence-electron chi connectivity index (χ1n) is 6.07. The number of hydrogen-bond donors (Lipinski definition) is 1. The Morgan fingerprint density at radius 1 is 1.40 bits per heavy atom. The SMILES string of the molecule is CC/C=C/C(=O)O[C@@H](C)C(=O)Nc1cc(F)ccc1F. The molecule has 0 bridgehead atoms. The second kappa shape index (κ2) is 7.37. The lowest BCUT2D eigenvalue weighted by molar-refractivity contribution is -0.148. The van der Waals surface area contributed by atoms with Crippen LogP contribution in [0.5, 0.6) is 0 Å². The first kappa shape index (κ1) is 15.8. The molecule has 6 heteroatoms. The van der Waals surface area contributed by atoms with E-state index in [1.807, 2.05) is 6.92 Å². The molecule has 4 nitrogen and oxygen atoms in total. The quantitative estimate of drug-likeness (QED) is 0.668. The van der Waals surface area contributed by atoms with E-state index in [0.29, 0.717) is 6.42 Å². The van der Waals surface area contributed by atoms with E-state index >= 15 is 0 Å². The van der Waals surface area contributed by atoms with Crippen LogP contribution in [0.25, 0.3) is 0 Å². The van der Waals surface area contributed by atoms with Crippen molar-refractivity contribution in [2.75, 3.05) is 5.32 Å². The van der Waals surface area contributed by atoms with Gasteiger partial charge in [0.1, 0.15) is 11.6 Å². The average molecular weight is 283 g/mol. The number of rotatable bonds is 5. The second-order valence-corrected chi connectivity index (χ2v) is 4.00. The van der Waals surface area contributed by atoms with Crippen molar-refractivity contribution in [2.24, 2.45) is 0 Å². The zero-order valence-corrected chi connectivity index (χ0v) is 11.2. The van der Waals surface area contributed by atoms with Crippen molar-refractivity contribution in [1.82, 2.24) is 0 Å². The van der Waals surface area contributed by atoms with Crippen molar-refractivity contribution in [3.8, 4) is 0 Å². The van der Waals surface area contributed by atoms with Crippen LogP contribution in [-0.2, 0) is 14.3 Å². The third kappa shape index (κ3) is 4.79. The summed E-state index contributed by atoms with van der Waals surface area (Å²) in [5, 5.41) is 2.16. The normalized spacial score (nSPS) is 12.2. The number of amides is 1. The van der Waals surface area contributed by atoms with Gasteiger partial charge in [0, 0.05) is 12.1 Å². The Morgan fingerprint density at radius 2 is 2.10 bits per heavy atom. The van der Waals surface area contributed by atoms with Crippen LogP contribution in [0, 0.1) is 11.6 Å². The van der Waals surface area contributed by atoms with E-state index in [4.69, 9.17) is 4.74 Å². The molecule has 0 aliphatic heterocycles. The minimum Gasteiger partial charge on any atom is -0.449 e. The molecule has 0 aromatic heterocycles. The largest absolute Gasteiger partial charge is 0.449 e. The van der Waals surface area contributed by atoms with Crippen LogP contribution in [0.2, 0.25) is 0 Å². The van der Waals surface area contributed by atoms with Gasteiger partial charge in [0.25, 0.3) is 5.91 Å². The highest BCUT2D eigenvalue weighted by Crippen LogP contribution is 2.15. The molecule has 1 N–H and O–H groups in total. The fraction of sp³-hybridized carbons (Fsp3) is 0.286. The van der Waals surface area contributed by atoms with Gasteiger partial charge < -0.3 is 10.1 Å². The zero-order chi connectivity index (χ0) is 15.1. The summed E-state index contributed by atoms with van der Waals surface area (Å²) < 4.78 is 31.1. The lowest BCUT2D eigenvalue weighted by atomic mass is 10.2. The topological polar surface area (TPSA) is 55.4 Å². The maximum Gasteiger partial charge on any atom is 0.331 e. The molecule has 0 aliphatic carbocycles. The molecule has 0 aliphatic rings. The molecule has 0 saturated carbocycles. The van der Waals surface area contributed by atoms with Gasteiger partial charge in [-0.3, -0.25) is 4.79 Å². The van der Waals surface area contributed by atoms with Crippen LogP contribution in [0.1, 0.15) is 20.3 Å². The van der Waals surface area contributed by atoms with E-state index in [1.165, 1.54) is 13.0 Å². The van der Waals surface area contributed by atoms with Gasteiger partial charge in [0.05, 0.1) is 5.69 Å². The highest BCUT2D eigenvalue weighted by Gasteiger charge is 2.18. The van der Waals surface area contributed by atoms with E-state index in [1.54, 1.807) is 6.08 Å². The molecular weight excluding hydrogens is 268 g/mol. The molecule has 1 amide bonds. The van der Waals surface area contributed by atoms with Gasteiger partial charge in [-0.25, -0.2) is 13.6 Å². The molecule has 0 spiro atoms. The zero-order valence-electron chi connectivity index (χ0n) is 11.2. The number of ether oxygens (including phenoxy) is 1. The molecule has 108 valence electrons. The van der Waals surface area contributed by atoms with Gasteiger partial charge >= 0.3 is 5.97 Å². The molecule has 0 fully saturated rings. The smallest absolute Gasteiger partial charge is 0.331 e. The molecule has 0 saturated heterocycles. The predicted octanol–water partition coefficient (Wildman–Crippen LogP) is 2.80. The van der Waals surface area contributed by atoms with E-state index in [-0.39, 0.29) is 5.69 Å². The first-order chi connectivity index (χ1) is 9.43. The summed E-state index contributed by atoms with van der Waals surface area (Å²) in [6.45, 7) is 3.18. The maximum atomic E-state index is 13.3. The molecule has 20 heavy (non-hydrogen) atoms. The van der Waals surface area contributed by atoms with Crippen LogP contribution in [0.15, 0.2) is 30.4 Å². The molecule has 0 radical (unpaired) electrons. The summed E-state index contributed by atoms with van der Waals surface area (Å²) in [7, 11) is 0. The molecule has 1 atom stereocenters. The van der Waals surface area contributed by atoms with Crippen molar-refractivity contribution in [3.05, 3.63) is 42.0 Å². The highest BCUT2D eigenvalue weighted by molar-refractivity contribution is 5.96. The standard InChI is InChI=1S/C14H15F2NO3/c1-3-4-5-13(18)20-9(2)14(19)17-12-8-10(15)6-7-11(12)16/h4-9H,3H2,1-2H3,(H,17,19)/b5-4+/t9-/m0/s1. The highest BCUT2D eigenvalue weighted by atomic mass is 19.1. The van der Waals surface area contributed by atoms with Crippen molar-refractivity contribution in [1.29, 1.82) is 0 Å². The lowest BCUT2D eigenvalue weighted by Crippen LogP contribution is -2.29. The molecule has 0 unspecified atom stereocenters. The number of allylic oxidation sites excluding steroid dienone is 1. The van der Waals surface area contributed by atoms with Gasteiger partial charge in [-0.05, 0) is 25.5 Å². The van der Waals surface area contributed by atoms with Gasteiger partial charge in [0.15, 0.2) is 6.10 Å². The van der Waals surface area contributed by atoms with Crippen LogP contribution in [-0.4, -0.2) is 18.0 Å². The number of carbonyl (C=O) groups is 2. The van der Waals surface area contributed by atoms with Gasteiger partial charge in [0.2, 0.25) is 0 Å². The molecule has 0 heterocycles. The Hall–Kier alpha value is -2.24. The Balaban J connectivity index is 2.64. The van der Waals surface area contributed by atoms with Crippen molar-refractivity contribution < 1.29 is 23.1 Å². The molecular formula is C14H15F2NO3. The lowest BCUT2D eigenvalue weighted by Gasteiger charge is -2.12. The predicted molar refractivity (Wildman–Crippen MR) is 70.0 cm³/mol. The van der Waals surface area contributed by atoms with E-state index < -0.39 is 29.6 Å². The summed E-state index contributed by atoms with van der Waals surface area (Å²) >= 11 is 0. The minimum atomic E-state index is -1.12. The van der Waals surface area contributed by atoms with Gasteiger partial charge in [-0.1, -0.05) is 13.0 Å². The number of esters is 1. The molecule has 1 aromatic rings. The van der Waals surface area contributed by atoms with Crippen LogP contribution in [0.3, 0.4) is 0 Å². The number of anilines is 1. The summed E-state index contributed by atoms with van der Waals surface area (Å²) in [4.78, 5) is 23.0. The number of carbonyl (C=O) groups excluding carboxylic acids is 2.